The molecule has 0 unspecified atom stereocenters. The molecular weight excluding hydrogens is 176 g/mol. The minimum absolute atomic E-state index is 0.690. The zero-order chi connectivity index (χ0) is 10.8. The summed E-state index contributed by atoms with van der Waals surface area (Å²) in [4.78, 5) is 2.49. The number of hydrogen-bond acceptors (Lipinski definition) is 3. The first kappa shape index (κ1) is 13.9. The summed E-state index contributed by atoms with van der Waals surface area (Å²) in [5, 5.41) is 0. The Balaban J connectivity index is 3.85. The molecule has 0 amide bonds. The van der Waals surface area contributed by atoms with Crippen LogP contribution in [0.25, 0.3) is 0 Å². The van der Waals surface area contributed by atoms with Crippen LogP contribution < -0.4 is 5.73 Å². The van der Waals surface area contributed by atoms with E-state index in [-0.39, 0.29) is 0 Å². The van der Waals surface area contributed by atoms with Crippen LogP contribution in [-0.4, -0.2) is 44.3 Å². The van der Waals surface area contributed by atoms with Crippen LogP contribution >= 0.6 is 0 Å². The van der Waals surface area contributed by atoms with Gasteiger partial charge < -0.3 is 10.5 Å². The summed E-state index contributed by atoms with van der Waals surface area (Å²) in [5.41, 5.74) is 5.61. The number of ether oxygens (including phenoxy) is 1. The lowest BCUT2D eigenvalue weighted by Gasteiger charge is -2.29. The van der Waals surface area contributed by atoms with E-state index >= 15 is 0 Å². The van der Waals surface area contributed by atoms with Gasteiger partial charge in [0.25, 0.3) is 0 Å². The first-order chi connectivity index (χ1) is 6.79. The Morgan fingerprint density at radius 2 is 1.86 bits per heavy atom. The Bertz CT molecular complexity index is 116. The highest BCUT2D eigenvalue weighted by Gasteiger charge is 2.13. The van der Waals surface area contributed by atoms with Crippen LogP contribution in [0.5, 0.6) is 0 Å². The van der Waals surface area contributed by atoms with Gasteiger partial charge in [0.05, 0.1) is 0 Å². The van der Waals surface area contributed by atoms with E-state index in [0.717, 1.165) is 32.7 Å². The van der Waals surface area contributed by atoms with Gasteiger partial charge in [-0.1, -0.05) is 13.8 Å². The highest BCUT2D eigenvalue weighted by atomic mass is 16.5. The van der Waals surface area contributed by atoms with E-state index in [9.17, 15) is 0 Å². The van der Waals surface area contributed by atoms with Gasteiger partial charge in [-0.2, -0.15) is 0 Å². The van der Waals surface area contributed by atoms with E-state index in [1.54, 1.807) is 7.11 Å². The summed E-state index contributed by atoms with van der Waals surface area (Å²) in [6, 6.07) is 0.690. The minimum Gasteiger partial charge on any atom is -0.385 e. The topological polar surface area (TPSA) is 38.5 Å². The van der Waals surface area contributed by atoms with Gasteiger partial charge in [0, 0.05) is 39.4 Å². The molecule has 0 spiro atoms. The Kier molecular flexibility index (Phi) is 9.35. The van der Waals surface area contributed by atoms with E-state index < -0.39 is 0 Å². The van der Waals surface area contributed by atoms with Crippen molar-refractivity contribution in [2.75, 3.05) is 33.4 Å². The molecule has 2 N–H and O–H groups in total. The lowest BCUT2D eigenvalue weighted by Crippen LogP contribution is -2.39. The van der Waals surface area contributed by atoms with Gasteiger partial charge in [-0.05, 0) is 19.3 Å². The lowest BCUT2D eigenvalue weighted by atomic mass is 10.1. The first-order valence-electron chi connectivity index (χ1n) is 5.73. The normalized spacial score (nSPS) is 11.6. The molecule has 0 radical (unpaired) electrons. The zero-order valence-electron chi connectivity index (χ0n) is 9.96. The molecular formula is C11H26N2O. The van der Waals surface area contributed by atoms with Crippen molar-refractivity contribution in [1.29, 1.82) is 0 Å². The van der Waals surface area contributed by atoms with Crippen LogP contribution in [0.4, 0.5) is 0 Å². The van der Waals surface area contributed by atoms with E-state index in [4.69, 9.17) is 10.5 Å². The summed E-state index contributed by atoms with van der Waals surface area (Å²) in [6.45, 7) is 8.21. The van der Waals surface area contributed by atoms with Gasteiger partial charge >= 0.3 is 0 Å². The van der Waals surface area contributed by atoms with Crippen molar-refractivity contribution in [1.82, 2.24) is 4.90 Å². The van der Waals surface area contributed by atoms with Crippen molar-refractivity contribution in [2.24, 2.45) is 5.73 Å². The number of methoxy groups -OCH3 is 1. The Morgan fingerprint density at radius 3 is 2.29 bits per heavy atom. The van der Waals surface area contributed by atoms with Crippen LogP contribution in [0, 0.1) is 0 Å². The molecule has 3 nitrogen and oxygen atoms in total. The molecule has 0 atom stereocenters. The largest absolute Gasteiger partial charge is 0.385 e. The third-order valence-electron chi connectivity index (χ3n) is 2.67. The van der Waals surface area contributed by atoms with E-state index in [1.165, 1.54) is 12.8 Å². The highest BCUT2D eigenvalue weighted by molar-refractivity contribution is 4.69. The molecule has 0 aliphatic carbocycles. The molecule has 0 aliphatic rings. The molecule has 0 saturated heterocycles. The molecule has 0 rings (SSSR count). The number of rotatable bonds is 9. The second kappa shape index (κ2) is 9.44. The minimum atomic E-state index is 0.690. The fourth-order valence-corrected chi connectivity index (χ4v) is 1.86. The van der Waals surface area contributed by atoms with Crippen molar-refractivity contribution < 1.29 is 4.74 Å². The second-order valence-corrected chi connectivity index (χ2v) is 3.64. The third-order valence-corrected chi connectivity index (χ3v) is 2.67. The highest BCUT2D eigenvalue weighted by Crippen LogP contribution is 2.08. The molecule has 0 aliphatic heterocycles. The third kappa shape index (κ3) is 5.58. The fraction of sp³-hybridized carbons (Fsp3) is 1.00. The summed E-state index contributed by atoms with van der Waals surface area (Å²) in [5.74, 6) is 0. The maximum atomic E-state index is 5.61. The van der Waals surface area contributed by atoms with Gasteiger partial charge in [0.15, 0.2) is 0 Å². The molecule has 0 saturated carbocycles. The smallest absolute Gasteiger partial charge is 0.0474 e. The van der Waals surface area contributed by atoms with Crippen LogP contribution in [0.15, 0.2) is 0 Å². The Morgan fingerprint density at radius 1 is 1.21 bits per heavy atom. The maximum Gasteiger partial charge on any atom is 0.0474 e. The van der Waals surface area contributed by atoms with E-state index in [2.05, 4.69) is 18.7 Å². The van der Waals surface area contributed by atoms with Crippen molar-refractivity contribution >= 4 is 0 Å². The standard InChI is InChI=1S/C11H26N2O/c1-4-11(5-2)13(9-7-12)8-6-10-14-3/h11H,4-10,12H2,1-3H3. The number of hydrogen-bond donors (Lipinski definition) is 1. The van der Waals surface area contributed by atoms with Gasteiger partial charge in [0.1, 0.15) is 0 Å². The number of nitrogens with two attached hydrogens (primary N) is 1. The molecule has 0 aromatic carbocycles. The van der Waals surface area contributed by atoms with Crippen molar-refractivity contribution in [3.8, 4) is 0 Å². The monoisotopic (exact) mass is 202 g/mol. The zero-order valence-corrected chi connectivity index (χ0v) is 9.96. The molecule has 86 valence electrons. The van der Waals surface area contributed by atoms with Crippen LogP contribution in [0.3, 0.4) is 0 Å². The summed E-state index contributed by atoms with van der Waals surface area (Å²) in [6.07, 6.45) is 3.53. The SMILES string of the molecule is CCC(CC)N(CCN)CCCOC. The van der Waals surface area contributed by atoms with Crippen molar-refractivity contribution in [3.05, 3.63) is 0 Å². The molecule has 3 heteroatoms. The molecule has 0 aromatic rings. The lowest BCUT2D eigenvalue weighted by molar-refractivity contribution is 0.146. The molecule has 0 fully saturated rings. The van der Waals surface area contributed by atoms with Crippen molar-refractivity contribution in [2.45, 2.75) is 39.2 Å². The average Bonchev–Trinajstić information content (AvgIpc) is 2.20. The fourth-order valence-electron chi connectivity index (χ4n) is 1.86. The van der Waals surface area contributed by atoms with Gasteiger partial charge in [0.2, 0.25) is 0 Å². The van der Waals surface area contributed by atoms with Gasteiger partial charge in [-0.25, -0.2) is 0 Å². The van der Waals surface area contributed by atoms with Crippen LogP contribution in [0.1, 0.15) is 33.1 Å². The summed E-state index contributed by atoms with van der Waals surface area (Å²) >= 11 is 0. The first-order valence-corrected chi connectivity index (χ1v) is 5.73. The molecule has 0 heterocycles. The predicted molar refractivity (Wildman–Crippen MR) is 61.5 cm³/mol. The number of nitrogens with zero attached hydrogens (tertiary/aromatic N) is 1. The molecule has 14 heavy (non-hydrogen) atoms. The van der Waals surface area contributed by atoms with Crippen molar-refractivity contribution in [3.63, 3.8) is 0 Å². The Hall–Kier alpha value is -0.120. The quantitative estimate of drug-likeness (QED) is 0.575. The summed E-state index contributed by atoms with van der Waals surface area (Å²) in [7, 11) is 1.75. The van der Waals surface area contributed by atoms with E-state index in [1.807, 2.05) is 0 Å². The second-order valence-electron chi connectivity index (χ2n) is 3.64. The average molecular weight is 202 g/mol. The van der Waals surface area contributed by atoms with Gasteiger partial charge in [-0.3, -0.25) is 4.90 Å². The Labute approximate surface area is 88.6 Å². The van der Waals surface area contributed by atoms with Crippen LogP contribution in [0.2, 0.25) is 0 Å². The summed E-state index contributed by atoms with van der Waals surface area (Å²) < 4.78 is 5.06. The predicted octanol–water partition coefficient (Wildman–Crippen LogP) is 1.47. The molecule has 0 bridgehead atoms. The van der Waals surface area contributed by atoms with Gasteiger partial charge in [-0.15, -0.1) is 0 Å². The van der Waals surface area contributed by atoms with E-state index in [0.29, 0.717) is 6.04 Å². The van der Waals surface area contributed by atoms with Crippen LogP contribution in [-0.2, 0) is 4.74 Å². The molecule has 0 aromatic heterocycles. The maximum absolute atomic E-state index is 5.61.